The van der Waals surface area contributed by atoms with Gasteiger partial charge in [-0.15, -0.1) is 0 Å². The molecule has 1 N–H and O–H groups in total. The lowest BCUT2D eigenvalue weighted by Crippen LogP contribution is -2.48. The summed E-state index contributed by atoms with van der Waals surface area (Å²) in [4.78, 5) is 12.3. The van der Waals surface area contributed by atoms with E-state index in [-0.39, 0.29) is 24.0 Å². The molecule has 0 heterocycles. The number of nitrogens with one attached hydrogen (secondary N) is 1. The second kappa shape index (κ2) is 5.96. The normalized spacial score (nSPS) is 31.2. The van der Waals surface area contributed by atoms with E-state index < -0.39 is 0 Å². The van der Waals surface area contributed by atoms with E-state index in [4.69, 9.17) is 16.3 Å². The molecule has 2 aliphatic rings. The molecule has 0 aromatic heterocycles. The molecule has 0 spiro atoms. The number of fused-ring (bicyclic) bond motifs is 2. The van der Waals surface area contributed by atoms with Gasteiger partial charge in [-0.1, -0.05) is 48.3 Å². The van der Waals surface area contributed by atoms with E-state index >= 15 is 0 Å². The van der Waals surface area contributed by atoms with E-state index in [1.54, 1.807) is 12.1 Å². The Labute approximate surface area is 151 Å². The van der Waals surface area contributed by atoms with Gasteiger partial charge in [-0.3, -0.25) is 4.79 Å². The number of hydrogen-bond acceptors (Lipinski definition) is 2. The maximum absolute atomic E-state index is 12.3. The number of carbonyl (C=O) groups is 1. The van der Waals surface area contributed by atoms with Crippen molar-refractivity contribution in [2.24, 2.45) is 16.7 Å². The van der Waals surface area contributed by atoms with Crippen molar-refractivity contribution in [1.29, 1.82) is 0 Å². The largest absolute Gasteiger partial charge is 0.482 e. The van der Waals surface area contributed by atoms with Crippen LogP contribution >= 0.6 is 27.5 Å². The third-order valence-corrected chi connectivity index (χ3v) is 7.17. The fraction of sp³-hybridized carbons (Fsp3) is 0.611. The zero-order valence-corrected chi connectivity index (χ0v) is 16.1. The third-order valence-electron chi connectivity index (χ3n) is 6.38. The highest BCUT2D eigenvalue weighted by Crippen LogP contribution is 2.65. The number of hydrogen-bond donors (Lipinski definition) is 1. The first kappa shape index (κ1) is 17.1. The summed E-state index contributed by atoms with van der Waals surface area (Å²) in [5, 5.41) is 3.69. The molecule has 0 saturated heterocycles. The van der Waals surface area contributed by atoms with Crippen LogP contribution in [0.3, 0.4) is 0 Å². The molecule has 2 aliphatic carbocycles. The minimum atomic E-state index is -0.0708. The van der Waals surface area contributed by atoms with E-state index in [0.717, 1.165) is 10.9 Å². The summed E-state index contributed by atoms with van der Waals surface area (Å²) in [7, 11) is 0. The van der Waals surface area contributed by atoms with Crippen molar-refractivity contribution in [2.45, 2.75) is 46.1 Å². The van der Waals surface area contributed by atoms with Gasteiger partial charge < -0.3 is 10.1 Å². The average molecular weight is 401 g/mol. The van der Waals surface area contributed by atoms with Crippen molar-refractivity contribution in [3.63, 3.8) is 0 Å². The van der Waals surface area contributed by atoms with Gasteiger partial charge in [-0.05, 0) is 54.2 Å². The topological polar surface area (TPSA) is 38.3 Å². The zero-order valence-electron chi connectivity index (χ0n) is 13.8. The van der Waals surface area contributed by atoms with E-state index in [9.17, 15) is 4.79 Å². The van der Waals surface area contributed by atoms with Gasteiger partial charge >= 0.3 is 0 Å². The average Bonchev–Trinajstić information content (AvgIpc) is 2.79. The Bertz CT molecular complexity index is 633. The maximum Gasteiger partial charge on any atom is 0.258 e. The summed E-state index contributed by atoms with van der Waals surface area (Å²) in [5.41, 5.74) is 0.476. The first-order valence-electron chi connectivity index (χ1n) is 8.11. The van der Waals surface area contributed by atoms with Gasteiger partial charge in [0.1, 0.15) is 5.75 Å². The minimum absolute atomic E-state index is 0.000965. The minimum Gasteiger partial charge on any atom is -0.482 e. The van der Waals surface area contributed by atoms with Crippen molar-refractivity contribution in [2.75, 3.05) is 6.61 Å². The monoisotopic (exact) mass is 399 g/mol. The van der Waals surface area contributed by atoms with Crippen molar-refractivity contribution in [3.05, 3.63) is 27.7 Å². The van der Waals surface area contributed by atoms with Crippen molar-refractivity contribution < 1.29 is 9.53 Å². The van der Waals surface area contributed by atoms with Gasteiger partial charge in [0.15, 0.2) is 6.61 Å². The Kier molecular flexibility index (Phi) is 4.43. The molecule has 3 nitrogen and oxygen atoms in total. The lowest BCUT2D eigenvalue weighted by atomic mass is 9.69. The van der Waals surface area contributed by atoms with E-state index in [1.807, 2.05) is 6.07 Å². The molecule has 0 unspecified atom stereocenters. The fourth-order valence-corrected chi connectivity index (χ4v) is 5.12. The van der Waals surface area contributed by atoms with Crippen LogP contribution < -0.4 is 10.1 Å². The maximum atomic E-state index is 12.3. The molecule has 1 amide bonds. The number of ether oxygens (including phenoxy) is 1. The molecule has 2 saturated carbocycles. The molecule has 3 atom stereocenters. The zero-order chi connectivity index (χ0) is 16.8. The number of rotatable bonds is 4. The molecule has 0 radical (unpaired) electrons. The van der Waals surface area contributed by atoms with Crippen LogP contribution in [-0.2, 0) is 4.79 Å². The van der Waals surface area contributed by atoms with Gasteiger partial charge in [0, 0.05) is 10.5 Å². The Morgan fingerprint density at radius 2 is 2.17 bits per heavy atom. The molecular formula is C18H23BrClNO2. The van der Waals surface area contributed by atoms with Crippen LogP contribution in [0.2, 0.25) is 5.02 Å². The predicted molar refractivity (Wildman–Crippen MR) is 95.8 cm³/mol. The van der Waals surface area contributed by atoms with E-state index in [2.05, 4.69) is 42.0 Å². The van der Waals surface area contributed by atoms with Gasteiger partial charge in [0.2, 0.25) is 0 Å². The van der Waals surface area contributed by atoms with Crippen LogP contribution in [0.4, 0.5) is 0 Å². The summed E-state index contributed by atoms with van der Waals surface area (Å²) in [6.07, 6.45) is 3.55. The Hall–Kier alpha value is -0.740. The second-order valence-electron chi connectivity index (χ2n) is 7.59. The molecule has 1 aromatic rings. The molecule has 0 aliphatic heterocycles. The van der Waals surface area contributed by atoms with Crippen LogP contribution in [0.5, 0.6) is 5.75 Å². The third kappa shape index (κ3) is 2.89. The van der Waals surface area contributed by atoms with Crippen molar-refractivity contribution >= 4 is 33.4 Å². The van der Waals surface area contributed by atoms with Gasteiger partial charge in [0.25, 0.3) is 5.91 Å². The smallest absolute Gasteiger partial charge is 0.258 e. The van der Waals surface area contributed by atoms with Gasteiger partial charge in [0.05, 0.1) is 5.02 Å². The van der Waals surface area contributed by atoms with Crippen LogP contribution in [0.15, 0.2) is 22.7 Å². The molecule has 126 valence electrons. The van der Waals surface area contributed by atoms with E-state index in [0.29, 0.717) is 22.1 Å². The predicted octanol–water partition coefficient (Wildman–Crippen LogP) is 4.81. The van der Waals surface area contributed by atoms with E-state index in [1.165, 1.54) is 12.8 Å². The van der Waals surface area contributed by atoms with Gasteiger partial charge in [-0.25, -0.2) is 0 Å². The van der Waals surface area contributed by atoms with Crippen LogP contribution in [-0.4, -0.2) is 18.6 Å². The summed E-state index contributed by atoms with van der Waals surface area (Å²) < 4.78 is 6.45. The first-order valence-corrected chi connectivity index (χ1v) is 9.28. The quantitative estimate of drug-likeness (QED) is 0.787. The molecule has 1 aromatic carbocycles. The summed E-state index contributed by atoms with van der Waals surface area (Å²) in [6.45, 7) is 7.00. The summed E-state index contributed by atoms with van der Waals surface area (Å²) >= 11 is 9.46. The molecule has 5 heteroatoms. The first-order chi connectivity index (χ1) is 10.7. The van der Waals surface area contributed by atoms with Crippen LogP contribution in [0.1, 0.15) is 40.0 Å². The number of halogens is 2. The lowest BCUT2D eigenvalue weighted by molar-refractivity contribution is -0.124. The molecule has 2 fully saturated rings. The highest BCUT2D eigenvalue weighted by atomic mass is 79.9. The van der Waals surface area contributed by atoms with Crippen LogP contribution in [0, 0.1) is 16.7 Å². The Morgan fingerprint density at radius 3 is 2.74 bits per heavy atom. The summed E-state index contributed by atoms with van der Waals surface area (Å²) in [6, 6.07) is 5.61. The molecule has 2 bridgehead atoms. The molecular weight excluding hydrogens is 378 g/mol. The Morgan fingerprint density at radius 1 is 1.43 bits per heavy atom. The molecule has 23 heavy (non-hydrogen) atoms. The SMILES string of the molecule is CC1(C)[C@@H]2CC[C@]1(C)[C@@H](NC(=O)COc1ccc(Br)cc1Cl)C2. The number of carbonyl (C=O) groups excluding carboxylic acids is 1. The molecule has 3 rings (SSSR count). The Balaban J connectivity index is 1.58. The van der Waals surface area contributed by atoms with Crippen molar-refractivity contribution in [3.8, 4) is 5.75 Å². The highest BCUT2D eigenvalue weighted by molar-refractivity contribution is 9.10. The van der Waals surface area contributed by atoms with Crippen LogP contribution in [0.25, 0.3) is 0 Å². The summed E-state index contributed by atoms with van der Waals surface area (Å²) in [5.74, 6) is 1.17. The van der Waals surface area contributed by atoms with Gasteiger partial charge in [-0.2, -0.15) is 0 Å². The highest BCUT2D eigenvalue weighted by Gasteiger charge is 2.61. The number of amides is 1. The lowest BCUT2D eigenvalue weighted by Gasteiger charge is -2.39. The second-order valence-corrected chi connectivity index (χ2v) is 8.92. The fourth-order valence-electron chi connectivity index (χ4n) is 4.39. The van der Waals surface area contributed by atoms with Crippen molar-refractivity contribution in [1.82, 2.24) is 5.32 Å². The standard InChI is InChI=1S/C18H23BrClNO2/c1-17(2)11-6-7-18(17,3)15(8-11)21-16(22)10-23-14-5-4-12(19)9-13(14)20/h4-5,9,11,15H,6-8,10H2,1-3H3,(H,21,22)/t11-,15+,18-/m1/s1. The number of benzene rings is 1.